The van der Waals surface area contributed by atoms with Crippen molar-refractivity contribution in [3.8, 4) is 5.75 Å². The zero-order valence-electron chi connectivity index (χ0n) is 15.9. The summed E-state index contributed by atoms with van der Waals surface area (Å²) in [5, 5.41) is 3.05. The SMILES string of the molecule is Cc1cc(C)c(C)c(O[C@H](C)C(=O)N[C@@H](C)CCc2ccccc2)c1. The largest absolute Gasteiger partial charge is 0.481 e. The van der Waals surface area contributed by atoms with Crippen molar-refractivity contribution in [3.63, 3.8) is 0 Å². The Labute approximate surface area is 151 Å². The molecule has 3 heteroatoms. The molecule has 0 fully saturated rings. The predicted octanol–water partition coefficient (Wildman–Crippen LogP) is 4.52. The molecule has 2 aromatic carbocycles. The van der Waals surface area contributed by atoms with Crippen molar-refractivity contribution < 1.29 is 9.53 Å². The number of rotatable bonds is 7. The number of hydrogen-bond donors (Lipinski definition) is 1. The Bertz CT molecular complexity index is 709. The van der Waals surface area contributed by atoms with Gasteiger partial charge in [-0.2, -0.15) is 0 Å². The van der Waals surface area contributed by atoms with Gasteiger partial charge in [0.05, 0.1) is 0 Å². The van der Waals surface area contributed by atoms with Gasteiger partial charge in [0.15, 0.2) is 6.10 Å². The van der Waals surface area contributed by atoms with Crippen molar-refractivity contribution in [1.82, 2.24) is 5.32 Å². The fraction of sp³-hybridized carbons (Fsp3) is 0.409. The molecule has 3 nitrogen and oxygen atoms in total. The summed E-state index contributed by atoms with van der Waals surface area (Å²) in [6.45, 7) is 9.96. The van der Waals surface area contributed by atoms with E-state index in [1.165, 1.54) is 11.1 Å². The summed E-state index contributed by atoms with van der Waals surface area (Å²) < 4.78 is 5.92. The van der Waals surface area contributed by atoms with E-state index in [4.69, 9.17) is 4.74 Å². The van der Waals surface area contributed by atoms with Gasteiger partial charge in [0.2, 0.25) is 0 Å². The zero-order valence-corrected chi connectivity index (χ0v) is 15.9. The van der Waals surface area contributed by atoms with Gasteiger partial charge in [-0.3, -0.25) is 4.79 Å². The van der Waals surface area contributed by atoms with Gasteiger partial charge in [0, 0.05) is 6.04 Å². The summed E-state index contributed by atoms with van der Waals surface area (Å²) in [4.78, 5) is 12.4. The standard InChI is InChI=1S/C22H29NO2/c1-15-13-16(2)18(4)21(14-15)25-19(5)22(24)23-17(3)11-12-20-9-7-6-8-10-20/h6-10,13-14,17,19H,11-12H2,1-5H3,(H,23,24)/t17-,19+/m0/s1. The highest BCUT2D eigenvalue weighted by Crippen LogP contribution is 2.24. The molecular formula is C22H29NO2. The first-order chi connectivity index (χ1) is 11.9. The van der Waals surface area contributed by atoms with Gasteiger partial charge in [-0.05, 0) is 75.8 Å². The van der Waals surface area contributed by atoms with Gasteiger partial charge in [-0.25, -0.2) is 0 Å². The highest BCUT2D eigenvalue weighted by Gasteiger charge is 2.18. The lowest BCUT2D eigenvalue weighted by Crippen LogP contribution is -2.41. The Balaban J connectivity index is 1.87. The first-order valence-corrected chi connectivity index (χ1v) is 8.95. The molecule has 0 radical (unpaired) electrons. The lowest BCUT2D eigenvalue weighted by molar-refractivity contribution is -0.127. The van der Waals surface area contributed by atoms with Crippen LogP contribution in [-0.4, -0.2) is 18.1 Å². The van der Waals surface area contributed by atoms with Gasteiger partial charge in [0.25, 0.3) is 5.91 Å². The molecule has 2 atom stereocenters. The third-order valence-corrected chi connectivity index (χ3v) is 4.53. The molecule has 1 N–H and O–H groups in total. The second-order valence-corrected chi connectivity index (χ2v) is 6.90. The second-order valence-electron chi connectivity index (χ2n) is 6.90. The summed E-state index contributed by atoms with van der Waals surface area (Å²) in [5.41, 5.74) is 4.70. The van der Waals surface area contributed by atoms with E-state index in [2.05, 4.69) is 30.4 Å². The molecule has 1 amide bonds. The third kappa shape index (κ3) is 5.63. The van der Waals surface area contributed by atoms with E-state index in [0.717, 1.165) is 29.7 Å². The minimum absolute atomic E-state index is 0.0703. The van der Waals surface area contributed by atoms with E-state index in [9.17, 15) is 4.79 Å². The molecule has 0 aliphatic carbocycles. The van der Waals surface area contributed by atoms with Gasteiger partial charge in [-0.1, -0.05) is 36.4 Å². The molecule has 0 aliphatic rings. The van der Waals surface area contributed by atoms with E-state index in [0.29, 0.717) is 0 Å². The van der Waals surface area contributed by atoms with Crippen LogP contribution in [0.4, 0.5) is 0 Å². The predicted molar refractivity (Wildman–Crippen MR) is 103 cm³/mol. The number of amides is 1. The van der Waals surface area contributed by atoms with Crippen LogP contribution in [0.2, 0.25) is 0 Å². The minimum atomic E-state index is -0.515. The smallest absolute Gasteiger partial charge is 0.260 e. The van der Waals surface area contributed by atoms with Crippen LogP contribution in [0.1, 0.15) is 42.5 Å². The Morgan fingerprint density at radius 3 is 2.44 bits per heavy atom. The second kappa shape index (κ2) is 8.70. The van der Waals surface area contributed by atoms with Gasteiger partial charge in [-0.15, -0.1) is 0 Å². The average molecular weight is 339 g/mol. The van der Waals surface area contributed by atoms with Crippen LogP contribution < -0.4 is 10.1 Å². The van der Waals surface area contributed by atoms with Crippen LogP contribution in [0.5, 0.6) is 5.75 Å². The average Bonchev–Trinajstić information content (AvgIpc) is 2.58. The van der Waals surface area contributed by atoms with Gasteiger partial charge >= 0.3 is 0 Å². The number of ether oxygens (including phenoxy) is 1. The van der Waals surface area contributed by atoms with Crippen LogP contribution in [-0.2, 0) is 11.2 Å². The van der Waals surface area contributed by atoms with Crippen LogP contribution in [0, 0.1) is 20.8 Å². The van der Waals surface area contributed by atoms with Crippen molar-refractivity contribution in [3.05, 3.63) is 64.7 Å². The maximum absolute atomic E-state index is 12.4. The monoisotopic (exact) mass is 339 g/mol. The summed E-state index contributed by atoms with van der Waals surface area (Å²) in [7, 11) is 0. The van der Waals surface area contributed by atoms with E-state index < -0.39 is 6.10 Å². The Morgan fingerprint density at radius 2 is 1.76 bits per heavy atom. The molecule has 0 unspecified atom stereocenters. The molecule has 0 aromatic heterocycles. The highest BCUT2D eigenvalue weighted by atomic mass is 16.5. The van der Waals surface area contributed by atoms with Crippen molar-refractivity contribution in [2.45, 2.75) is 59.6 Å². The van der Waals surface area contributed by atoms with E-state index in [1.807, 2.05) is 45.0 Å². The number of carbonyl (C=O) groups excluding carboxylic acids is 1. The van der Waals surface area contributed by atoms with Crippen LogP contribution >= 0.6 is 0 Å². The quantitative estimate of drug-likeness (QED) is 0.805. The normalized spacial score (nSPS) is 13.2. The zero-order chi connectivity index (χ0) is 18.4. The Hall–Kier alpha value is -2.29. The van der Waals surface area contributed by atoms with Crippen molar-refractivity contribution in [1.29, 1.82) is 0 Å². The molecule has 134 valence electrons. The fourth-order valence-electron chi connectivity index (χ4n) is 2.83. The third-order valence-electron chi connectivity index (χ3n) is 4.53. The summed E-state index contributed by atoms with van der Waals surface area (Å²) in [5.74, 6) is 0.719. The number of carbonyl (C=O) groups is 1. The number of nitrogens with one attached hydrogen (secondary N) is 1. The first kappa shape index (κ1) is 19.0. The fourth-order valence-corrected chi connectivity index (χ4v) is 2.83. The maximum atomic E-state index is 12.4. The molecule has 0 spiro atoms. The van der Waals surface area contributed by atoms with Crippen molar-refractivity contribution >= 4 is 5.91 Å². The highest BCUT2D eigenvalue weighted by molar-refractivity contribution is 5.81. The van der Waals surface area contributed by atoms with Crippen LogP contribution in [0.25, 0.3) is 0 Å². The molecule has 2 rings (SSSR count). The molecule has 25 heavy (non-hydrogen) atoms. The number of benzene rings is 2. The Morgan fingerprint density at radius 1 is 1.08 bits per heavy atom. The minimum Gasteiger partial charge on any atom is -0.481 e. The van der Waals surface area contributed by atoms with Crippen molar-refractivity contribution in [2.75, 3.05) is 0 Å². The lowest BCUT2D eigenvalue weighted by Gasteiger charge is -2.20. The molecule has 0 heterocycles. The maximum Gasteiger partial charge on any atom is 0.260 e. The molecule has 2 aromatic rings. The van der Waals surface area contributed by atoms with E-state index >= 15 is 0 Å². The van der Waals surface area contributed by atoms with Gasteiger partial charge < -0.3 is 10.1 Å². The first-order valence-electron chi connectivity index (χ1n) is 8.95. The van der Waals surface area contributed by atoms with Crippen LogP contribution in [0.3, 0.4) is 0 Å². The van der Waals surface area contributed by atoms with E-state index in [1.54, 1.807) is 6.92 Å². The number of hydrogen-bond acceptors (Lipinski definition) is 2. The molecule has 0 bridgehead atoms. The molecule has 0 aliphatic heterocycles. The van der Waals surface area contributed by atoms with E-state index in [-0.39, 0.29) is 11.9 Å². The molecule has 0 saturated heterocycles. The molecular weight excluding hydrogens is 310 g/mol. The summed E-state index contributed by atoms with van der Waals surface area (Å²) >= 11 is 0. The Kier molecular flexibility index (Phi) is 6.63. The number of aryl methyl sites for hydroxylation is 3. The summed E-state index contributed by atoms with van der Waals surface area (Å²) in [6, 6.07) is 14.6. The van der Waals surface area contributed by atoms with Gasteiger partial charge in [0.1, 0.15) is 5.75 Å². The topological polar surface area (TPSA) is 38.3 Å². The summed E-state index contributed by atoms with van der Waals surface area (Å²) in [6.07, 6.45) is 1.35. The van der Waals surface area contributed by atoms with Crippen LogP contribution in [0.15, 0.2) is 42.5 Å². The lowest BCUT2D eigenvalue weighted by atomic mass is 10.1. The molecule has 0 saturated carbocycles. The van der Waals surface area contributed by atoms with Crippen molar-refractivity contribution in [2.24, 2.45) is 0 Å².